The van der Waals surface area contributed by atoms with Crippen LogP contribution in [0.2, 0.25) is 0 Å². The fourth-order valence-electron chi connectivity index (χ4n) is 2.10. The number of hydrogen-bond acceptors (Lipinski definition) is 4. The topological polar surface area (TPSA) is 84.6 Å². The molecule has 0 saturated carbocycles. The van der Waals surface area contributed by atoms with E-state index in [0.29, 0.717) is 19.4 Å². The minimum atomic E-state index is -0.916. The van der Waals surface area contributed by atoms with Crippen LogP contribution in [0.4, 0.5) is 5.69 Å². The minimum absolute atomic E-state index is 0.167. The summed E-state index contributed by atoms with van der Waals surface area (Å²) in [5.74, 6) is -0.204. The lowest BCUT2D eigenvalue weighted by atomic mass is 9.99. The van der Waals surface area contributed by atoms with Crippen LogP contribution in [-0.4, -0.2) is 36.4 Å². The number of rotatable bonds is 5. The number of nitrogens with two attached hydrogens (primary N) is 1. The first-order valence-electron chi connectivity index (χ1n) is 6.52. The second kappa shape index (κ2) is 6.14. The number of ether oxygens (including phenoxy) is 1. The second-order valence-electron chi connectivity index (χ2n) is 4.94. The van der Waals surface area contributed by atoms with E-state index in [9.17, 15) is 4.79 Å². The Hall–Kier alpha value is -1.43. The summed E-state index contributed by atoms with van der Waals surface area (Å²) in [6.07, 6.45) is 2.05. The number of nitrogens with one attached hydrogen (secondary N) is 1. The van der Waals surface area contributed by atoms with Gasteiger partial charge in [-0.05, 0) is 37.0 Å². The van der Waals surface area contributed by atoms with Crippen LogP contribution in [0.1, 0.15) is 18.4 Å². The molecule has 1 heterocycles. The van der Waals surface area contributed by atoms with E-state index >= 15 is 0 Å². The van der Waals surface area contributed by atoms with Crippen LogP contribution < -0.4 is 11.1 Å². The molecule has 1 atom stereocenters. The Bertz CT molecular complexity index is 442. The van der Waals surface area contributed by atoms with Crippen LogP contribution in [0.25, 0.3) is 0 Å². The van der Waals surface area contributed by atoms with Crippen LogP contribution in [-0.2, 0) is 16.0 Å². The molecule has 104 valence electrons. The van der Waals surface area contributed by atoms with Gasteiger partial charge in [0, 0.05) is 18.9 Å². The highest BCUT2D eigenvalue weighted by atomic mass is 16.5. The number of aryl methyl sites for hydroxylation is 1. The molecule has 0 radical (unpaired) electrons. The molecule has 1 aromatic carbocycles. The van der Waals surface area contributed by atoms with Gasteiger partial charge >= 0.3 is 0 Å². The van der Waals surface area contributed by atoms with Crippen LogP contribution in [0.5, 0.6) is 0 Å². The smallest absolute Gasteiger partial charge is 0.246 e. The van der Waals surface area contributed by atoms with E-state index in [0.717, 1.165) is 17.7 Å². The Kier molecular flexibility index (Phi) is 4.52. The molecule has 5 nitrogen and oxygen atoms in total. The summed E-state index contributed by atoms with van der Waals surface area (Å²) in [6, 6.07) is 7.60. The van der Waals surface area contributed by atoms with Crippen molar-refractivity contribution in [1.82, 2.24) is 0 Å². The first-order chi connectivity index (χ1) is 9.14. The molecule has 1 aromatic rings. The third-order valence-electron chi connectivity index (χ3n) is 3.31. The van der Waals surface area contributed by atoms with Crippen LogP contribution in [0, 0.1) is 0 Å². The van der Waals surface area contributed by atoms with Gasteiger partial charge in [0.15, 0.2) is 0 Å². The minimum Gasteiger partial charge on any atom is -0.396 e. The summed E-state index contributed by atoms with van der Waals surface area (Å²) >= 11 is 0. The van der Waals surface area contributed by atoms with E-state index in [2.05, 4.69) is 5.32 Å². The number of aliphatic hydroxyl groups excluding tert-OH is 1. The summed E-state index contributed by atoms with van der Waals surface area (Å²) in [5, 5.41) is 11.7. The van der Waals surface area contributed by atoms with Crippen molar-refractivity contribution in [1.29, 1.82) is 0 Å². The molecule has 4 N–H and O–H groups in total. The van der Waals surface area contributed by atoms with E-state index in [-0.39, 0.29) is 19.1 Å². The number of benzene rings is 1. The van der Waals surface area contributed by atoms with E-state index in [1.807, 2.05) is 24.3 Å². The predicted octanol–water partition coefficient (Wildman–Crippen LogP) is 0.668. The highest BCUT2D eigenvalue weighted by molar-refractivity contribution is 5.98. The first kappa shape index (κ1) is 14.0. The highest BCUT2D eigenvalue weighted by Crippen LogP contribution is 2.19. The van der Waals surface area contributed by atoms with Crippen molar-refractivity contribution in [2.24, 2.45) is 5.73 Å². The van der Waals surface area contributed by atoms with Gasteiger partial charge in [0.05, 0.1) is 6.61 Å². The summed E-state index contributed by atoms with van der Waals surface area (Å²) in [7, 11) is 0. The molecule has 2 rings (SSSR count). The maximum absolute atomic E-state index is 12.1. The van der Waals surface area contributed by atoms with Gasteiger partial charge in [0.1, 0.15) is 5.54 Å². The maximum atomic E-state index is 12.1. The molecule has 0 aliphatic carbocycles. The SMILES string of the molecule is NC1(C(=O)Nc2cccc(CCCO)c2)CCOC1. The molecular formula is C14H20N2O3. The zero-order chi connectivity index (χ0) is 13.7. The van der Waals surface area contributed by atoms with Gasteiger partial charge < -0.3 is 20.9 Å². The third-order valence-corrected chi connectivity index (χ3v) is 3.31. The highest BCUT2D eigenvalue weighted by Gasteiger charge is 2.38. The maximum Gasteiger partial charge on any atom is 0.246 e. The van der Waals surface area contributed by atoms with E-state index < -0.39 is 5.54 Å². The fourth-order valence-corrected chi connectivity index (χ4v) is 2.10. The number of amides is 1. The molecule has 5 heteroatoms. The molecule has 1 unspecified atom stereocenters. The van der Waals surface area contributed by atoms with Gasteiger partial charge in [0.2, 0.25) is 5.91 Å². The van der Waals surface area contributed by atoms with E-state index in [1.54, 1.807) is 0 Å². The van der Waals surface area contributed by atoms with Gasteiger partial charge in [-0.25, -0.2) is 0 Å². The number of hydrogen-bond donors (Lipinski definition) is 3. The molecule has 0 aromatic heterocycles. The number of anilines is 1. The summed E-state index contributed by atoms with van der Waals surface area (Å²) < 4.78 is 5.18. The Labute approximate surface area is 112 Å². The molecule has 1 amide bonds. The molecule has 19 heavy (non-hydrogen) atoms. The molecule has 0 spiro atoms. The molecule has 0 bridgehead atoms. The lowest BCUT2D eigenvalue weighted by Gasteiger charge is -2.20. The van der Waals surface area contributed by atoms with E-state index in [1.165, 1.54) is 0 Å². The van der Waals surface area contributed by atoms with Crippen LogP contribution in [0.15, 0.2) is 24.3 Å². The van der Waals surface area contributed by atoms with E-state index in [4.69, 9.17) is 15.6 Å². The third kappa shape index (κ3) is 3.53. The Morgan fingerprint density at radius 1 is 1.53 bits per heavy atom. The fraction of sp³-hybridized carbons (Fsp3) is 0.500. The standard InChI is InChI=1S/C14H20N2O3/c15-14(6-8-19-10-14)13(18)16-12-5-1-3-11(9-12)4-2-7-17/h1,3,5,9,17H,2,4,6-8,10,15H2,(H,16,18). The van der Waals surface area contributed by atoms with Crippen molar-refractivity contribution >= 4 is 11.6 Å². The van der Waals surface area contributed by atoms with Crippen molar-refractivity contribution in [3.05, 3.63) is 29.8 Å². The van der Waals surface area contributed by atoms with Crippen molar-refractivity contribution in [2.75, 3.05) is 25.1 Å². The Morgan fingerprint density at radius 2 is 2.37 bits per heavy atom. The molecule has 1 saturated heterocycles. The van der Waals surface area contributed by atoms with Crippen LogP contribution in [0.3, 0.4) is 0 Å². The normalized spacial score (nSPS) is 22.4. The van der Waals surface area contributed by atoms with Gasteiger partial charge in [-0.2, -0.15) is 0 Å². The molecular weight excluding hydrogens is 244 g/mol. The van der Waals surface area contributed by atoms with Gasteiger partial charge in [-0.15, -0.1) is 0 Å². The summed E-state index contributed by atoms with van der Waals surface area (Å²) in [5.41, 5.74) is 6.90. The van der Waals surface area contributed by atoms with Crippen molar-refractivity contribution in [2.45, 2.75) is 24.8 Å². The van der Waals surface area contributed by atoms with Crippen LogP contribution >= 0.6 is 0 Å². The molecule has 1 aliphatic heterocycles. The van der Waals surface area contributed by atoms with Crippen molar-refractivity contribution in [3.63, 3.8) is 0 Å². The summed E-state index contributed by atoms with van der Waals surface area (Å²) in [4.78, 5) is 12.1. The van der Waals surface area contributed by atoms with Gasteiger partial charge in [0.25, 0.3) is 0 Å². The lowest BCUT2D eigenvalue weighted by Crippen LogP contribution is -2.51. The Morgan fingerprint density at radius 3 is 3.05 bits per heavy atom. The monoisotopic (exact) mass is 264 g/mol. The molecule has 1 fully saturated rings. The summed E-state index contributed by atoms with van der Waals surface area (Å²) in [6.45, 7) is 0.962. The number of carbonyl (C=O) groups excluding carboxylic acids is 1. The van der Waals surface area contributed by atoms with Gasteiger partial charge in [-0.3, -0.25) is 4.79 Å². The zero-order valence-electron chi connectivity index (χ0n) is 10.9. The van der Waals surface area contributed by atoms with Gasteiger partial charge in [-0.1, -0.05) is 12.1 Å². The van der Waals surface area contributed by atoms with Crippen molar-refractivity contribution in [3.8, 4) is 0 Å². The second-order valence-corrected chi connectivity index (χ2v) is 4.94. The quantitative estimate of drug-likeness (QED) is 0.729. The Balaban J connectivity index is 2.00. The molecule has 1 aliphatic rings. The number of carbonyl (C=O) groups is 1. The van der Waals surface area contributed by atoms with Crippen molar-refractivity contribution < 1.29 is 14.6 Å². The average Bonchev–Trinajstić information content (AvgIpc) is 2.85. The number of aliphatic hydroxyl groups is 1. The predicted molar refractivity (Wildman–Crippen MR) is 72.8 cm³/mol. The largest absolute Gasteiger partial charge is 0.396 e. The first-order valence-corrected chi connectivity index (χ1v) is 6.52. The average molecular weight is 264 g/mol. The lowest BCUT2D eigenvalue weighted by molar-refractivity contribution is -0.121. The zero-order valence-corrected chi connectivity index (χ0v) is 10.9.